The molecule has 2 rings (SSSR count). The Kier molecular flexibility index (Phi) is 4.45. The molecule has 1 heterocycles. The molecule has 0 radical (unpaired) electrons. The first kappa shape index (κ1) is 13.6. The van der Waals surface area contributed by atoms with Gasteiger partial charge in [-0.15, -0.1) is 0 Å². The number of hydrazine groups is 1. The van der Waals surface area contributed by atoms with Crippen LogP contribution in [-0.2, 0) is 12.8 Å². The van der Waals surface area contributed by atoms with Crippen LogP contribution in [0.4, 0.5) is 0 Å². The fourth-order valence-corrected chi connectivity index (χ4v) is 2.64. The summed E-state index contributed by atoms with van der Waals surface area (Å²) >= 11 is 6.14. The van der Waals surface area contributed by atoms with Crippen molar-refractivity contribution in [1.82, 2.24) is 10.3 Å². The highest BCUT2D eigenvalue weighted by Crippen LogP contribution is 2.33. The van der Waals surface area contributed by atoms with Gasteiger partial charge in [0.15, 0.2) is 0 Å². The molecule has 1 aliphatic heterocycles. The van der Waals surface area contributed by atoms with Crippen molar-refractivity contribution in [2.24, 2.45) is 5.84 Å². The summed E-state index contributed by atoms with van der Waals surface area (Å²) in [7, 11) is 4.06. The Morgan fingerprint density at radius 3 is 2.94 bits per heavy atom. The van der Waals surface area contributed by atoms with Crippen LogP contribution in [0, 0.1) is 0 Å². The largest absolute Gasteiger partial charge is 0.493 e. The monoisotopic (exact) mass is 269 g/mol. The van der Waals surface area contributed by atoms with Gasteiger partial charge >= 0.3 is 0 Å². The lowest BCUT2D eigenvalue weighted by Crippen LogP contribution is -2.43. The normalized spacial score (nSPS) is 15.6. The van der Waals surface area contributed by atoms with Gasteiger partial charge in [0.1, 0.15) is 5.75 Å². The Hall–Kier alpha value is -0.810. The Labute approximate surface area is 113 Å². The van der Waals surface area contributed by atoms with Gasteiger partial charge in [-0.2, -0.15) is 0 Å². The van der Waals surface area contributed by atoms with Gasteiger partial charge in [0, 0.05) is 24.0 Å². The lowest BCUT2D eigenvalue weighted by atomic mass is 10.0. The molecule has 18 heavy (non-hydrogen) atoms. The molecule has 1 unspecified atom stereocenters. The average molecular weight is 270 g/mol. The minimum Gasteiger partial charge on any atom is -0.493 e. The molecule has 0 aromatic heterocycles. The van der Waals surface area contributed by atoms with Crippen LogP contribution in [-0.4, -0.2) is 38.2 Å². The second-order valence-corrected chi connectivity index (χ2v) is 5.42. The summed E-state index contributed by atoms with van der Waals surface area (Å²) in [6.45, 7) is 1.62. The summed E-state index contributed by atoms with van der Waals surface area (Å²) in [5.41, 5.74) is 5.20. The summed E-state index contributed by atoms with van der Waals surface area (Å²) in [6, 6.07) is 4.15. The SMILES string of the molecule is CN(C)CC(Cc1cc(Cl)cc2c1OCC2)NN. The molecule has 0 aliphatic carbocycles. The lowest BCUT2D eigenvalue weighted by Gasteiger charge is -2.21. The van der Waals surface area contributed by atoms with Gasteiger partial charge in [0.25, 0.3) is 0 Å². The molecular weight excluding hydrogens is 250 g/mol. The number of ether oxygens (including phenoxy) is 1. The quantitative estimate of drug-likeness (QED) is 0.623. The highest BCUT2D eigenvalue weighted by atomic mass is 35.5. The topological polar surface area (TPSA) is 50.5 Å². The molecule has 4 nitrogen and oxygen atoms in total. The number of rotatable bonds is 5. The number of nitrogens with one attached hydrogen (secondary N) is 1. The van der Waals surface area contributed by atoms with Crippen LogP contribution >= 0.6 is 11.6 Å². The third-order valence-corrected chi connectivity index (χ3v) is 3.33. The van der Waals surface area contributed by atoms with E-state index in [-0.39, 0.29) is 6.04 Å². The van der Waals surface area contributed by atoms with E-state index in [1.165, 1.54) is 5.56 Å². The number of nitrogens with zero attached hydrogens (tertiary/aromatic N) is 1. The van der Waals surface area contributed by atoms with E-state index in [1.807, 2.05) is 26.2 Å². The number of nitrogens with two attached hydrogens (primary N) is 1. The van der Waals surface area contributed by atoms with E-state index in [4.69, 9.17) is 22.2 Å². The maximum Gasteiger partial charge on any atom is 0.125 e. The van der Waals surface area contributed by atoms with Gasteiger partial charge in [0.2, 0.25) is 0 Å². The van der Waals surface area contributed by atoms with Crippen molar-refractivity contribution in [3.8, 4) is 5.75 Å². The van der Waals surface area contributed by atoms with Crippen LogP contribution in [0.2, 0.25) is 5.02 Å². The number of benzene rings is 1. The highest BCUT2D eigenvalue weighted by Gasteiger charge is 2.20. The molecule has 0 bridgehead atoms. The first-order valence-electron chi connectivity index (χ1n) is 6.15. The zero-order valence-corrected chi connectivity index (χ0v) is 11.6. The van der Waals surface area contributed by atoms with Gasteiger partial charge < -0.3 is 9.64 Å². The van der Waals surface area contributed by atoms with Crippen LogP contribution in [0.1, 0.15) is 11.1 Å². The standard InChI is InChI=1S/C13H20ClN3O/c1-17(2)8-12(16-15)7-10-6-11(14)5-9-3-4-18-13(9)10/h5-6,12,16H,3-4,7-8,15H2,1-2H3. The molecule has 1 aliphatic rings. The number of hydrogen-bond acceptors (Lipinski definition) is 4. The van der Waals surface area contributed by atoms with Crippen molar-refractivity contribution in [3.63, 3.8) is 0 Å². The van der Waals surface area contributed by atoms with E-state index < -0.39 is 0 Å². The van der Waals surface area contributed by atoms with Gasteiger partial charge in [-0.3, -0.25) is 11.3 Å². The van der Waals surface area contributed by atoms with Gasteiger partial charge in [-0.05, 0) is 43.8 Å². The smallest absolute Gasteiger partial charge is 0.125 e. The maximum atomic E-state index is 6.14. The van der Waals surface area contributed by atoms with E-state index in [1.54, 1.807) is 0 Å². The van der Waals surface area contributed by atoms with Crippen LogP contribution in [0.25, 0.3) is 0 Å². The molecule has 1 atom stereocenters. The van der Waals surface area contributed by atoms with Crippen LogP contribution < -0.4 is 16.0 Å². The van der Waals surface area contributed by atoms with E-state index in [2.05, 4.69) is 10.3 Å². The summed E-state index contributed by atoms with van der Waals surface area (Å²) in [5.74, 6) is 6.60. The molecule has 0 saturated heterocycles. The first-order chi connectivity index (χ1) is 8.60. The maximum absolute atomic E-state index is 6.14. The zero-order chi connectivity index (χ0) is 13.1. The van der Waals surface area contributed by atoms with E-state index in [0.29, 0.717) is 0 Å². The van der Waals surface area contributed by atoms with Crippen molar-refractivity contribution in [1.29, 1.82) is 0 Å². The van der Waals surface area contributed by atoms with Gasteiger partial charge in [-0.25, -0.2) is 0 Å². The van der Waals surface area contributed by atoms with Gasteiger partial charge in [0.05, 0.1) is 6.61 Å². The molecule has 1 aromatic carbocycles. The molecule has 1 aromatic rings. The van der Waals surface area contributed by atoms with Gasteiger partial charge in [-0.1, -0.05) is 11.6 Å². The summed E-state index contributed by atoms with van der Waals surface area (Å²) in [6.07, 6.45) is 1.76. The molecule has 0 saturated carbocycles. The van der Waals surface area contributed by atoms with E-state index >= 15 is 0 Å². The second kappa shape index (κ2) is 5.89. The Balaban J connectivity index is 2.18. The summed E-state index contributed by atoms with van der Waals surface area (Å²) in [5, 5.41) is 0.773. The second-order valence-electron chi connectivity index (χ2n) is 4.98. The third kappa shape index (κ3) is 3.14. The van der Waals surface area contributed by atoms with Crippen LogP contribution in [0.15, 0.2) is 12.1 Å². The first-order valence-corrected chi connectivity index (χ1v) is 6.53. The van der Waals surface area contributed by atoms with Crippen molar-refractivity contribution in [2.75, 3.05) is 27.2 Å². The number of likely N-dealkylation sites (N-methyl/N-ethyl adjacent to an activating group) is 1. The summed E-state index contributed by atoms with van der Waals surface area (Å²) < 4.78 is 5.69. The zero-order valence-electron chi connectivity index (χ0n) is 10.9. The Morgan fingerprint density at radius 2 is 2.28 bits per heavy atom. The van der Waals surface area contributed by atoms with E-state index in [0.717, 1.165) is 42.3 Å². The number of fused-ring (bicyclic) bond motifs is 1. The molecule has 0 amide bonds. The third-order valence-electron chi connectivity index (χ3n) is 3.11. The fourth-order valence-electron chi connectivity index (χ4n) is 2.38. The van der Waals surface area contributed by atoms with Crippen LogP contribution in [0.5, 0.6) is 5.75 Å². The van der Waals surface area contributed by atoms with Crippen molar-refractivity contribution in [2.45, 2.75) is 18.9 Å². The predicted octanol–water partition coefficient (Wildman–Crippen LogP) is 1.21. The fraction of sp³-hybridized carbons (Fsp3) is 0.538. The minimum atomic E-state index is 0.187. The minimum absolute atomic E-state index is 0.187. The van der Waals surface area contributed by atoms with Crippen LogP contribution in [0.3, 0.4) is 0 Å². The lowest BCUT2D eigenvalue weighted by molar-refractivity contribution is 0.329. The highest BCUT2D eigenvalue weighted by molar-refractivity contribution is 6.30. The molecule has 0 fully saturated rings. The molecule has 5 heteroatoms. The molecular formula is C13H20ClN3O. The van der Waals surface area contributed by atoms with Crippen molar-refractivity contribution in [3.05, 3.63) is 28.3 Å². The molecule has 3 N–H and O–H groups in total. The number of hydrogen-bond donors (Lipinski definition) is 2. The van der Waals surface area contributed by atoms with Crippen molar-refractivity contribution >= 4 is 11.6 Å². The Morgan fingerprint density at radius 1 is 1.50 bits per heavy atom. The summed E-state index contributed by atoms with van der Waals surface area (Å²) in [4.78, 5) is 2.11. The predicted molar refractivity (Wildman–Crippen MR) is 74.0 cm³/mol. The molecule has 100 valence electrons. The Bertz CT molecular complexity index is 423. The number of halogens is 1. The van der Waals surface area contributed by atoms with E-state index in [9.17, 15) is 0 Å². The molecule has 0 spiro atoms. The van der Waals surface area contributed by atoms with Crippen molar-refractivity contribution < 1.29 is 4.74 Å². The average Bonchev–Trinajstić information content (AvgIpc) is 2.75.